The van der Waals surface area contributed by atoms with Crippen LogP contribution in [0.4, 0.5) is 0 Å². The molecule has 0 saturated heterocycles. The quantitative estimate of drug-likeness (QED) is 0.297. The van der Waals surface area contributed by atoms with Gasteiger partial charge in [0.15, 0.2) is 0 Å². The van der Waals surface area contributed by atoms with Crippen LogP contribution < -0.4 is 51.4 Å². The number of likely N-dealkylation sites (N-methyl/N-ethyl adjacent to an activating group) is 1. The van der Waals surface area contributed by atoms with Gasteiger partial charge in [0.2, 0.25) is 0 Å². The molecule has 0 aromatic carbocycles. The van der Waals surface area contributed by atoms with Crippen molar-refractivity contribution in [1.82, 2.24) is 0 Å². The van der Waals surface area contributed by atoms with Crippen LogP contribution in [0.3, 0.4) is 0 Å². The first kappa shape index (κ1) is 16.7. The molecule has 0 aliphatic rings. The summed E-state index contributed by atoms with van der Waals surface area (Å²) in [4.78, 5) is 0. The zero-order valence-corrected chi connectivity index (χ0v) is 10.3. The Bertz CT molecular complexity index is 37.9. The normalized spacial score (nSPS) is 6.11. The van der Waals surface area contributed by atoms with Gasteiger partial charge in [-0.2, -0.15) is 6.54 Å². The first-order valence-electron chi connectivity index (χ1n) is 3.16. The third-order valence-electron chi connectivity index (χ3n) is 0.482. The summed E-state index contributed by atoms with van der Waals surface area (Å²) in [5.41, 5.74) is 0. The van der Waals surface area contributed by atoms with E-state index in [9.17, 15) is 0 Å². The van der Waals surface area contributed by atoms with Gasteiger partial charge in [-0.15, -0.1) is 19.2 Å². The van der Waals surface area contributed by atoms with Crippen LogP contribution >= 0.6 is 0 Å². The van der Waals surface area contributed by atoms with E-state index in [1.807, 2.05) is 20.8 Å². The van der Waals surface area contributed by atoms with Gasteiger partial charge in [0.1, 0.15) is 0 Å². The average Bonchev–Trinajstić information content (AvgIpc) is 1.88. The molecule has 0 heterocycles. The molecule has 0 bridgehead atoms. The summed E-state index contributed by atoms with van der Waals surface area (Å²) < 4.78 is 0. The molecule has 0 aliphatic carbocycles. The van der Waals surface area contributed by atoms with Crippen molar-refractivity contribution in [3.8, 4) is 0 Å². The molecule has 0 aliphatic heterocycles. The molecular formula is C7H16KN. The molecule has 0 amide bonds. The zero-order valence-electron chi connectivity index (χ0n) is 7.15. The molecule has 0 rings (SSSR count). The van der Waals surface area contributed by atoms with Gasteiger partial charge in [-0.05, 0) is 0 Å². The van der Waals surface area contributed by atoms with E-state index in [1.165, 1.54) is 0 Å². The van der Waals surface area contributed by atoms with Gasteiger partial charge in [0.05, 0.1) is 0 Å². The van der Waals surface area contributed by atoms with Crippen molar-refractivity contribution in [2.45, 2.75) is 20.8 Å². The van der Waals surface area contributed by atoms with Crippen molar-refractivity contribution in [2.24, 2.45) is 0 Å². The summed E-state index contributed by atoms with van der Waals surface area (Å²) in [6, 6.07) is 0. The largest absolute Gasteiger partial charge is 1.00 e. The van der Waals surface area contributed by atoms with Crippen LogP contribution in [0.2, 0.25) is 0 Å². The minimum Gasteiger partial charge on any atom is -0.659 e. The van der Waals surface area contributed by atoms with E-state index in [-0.39, 0.29) is 51.4 Å². The average molecular weight is 153 g/mol. The minimum atomic E-state index is 0. The SMILES string of the molecule is C=CC[N-]CC.CC.[K+]. The monoisotopic (exact) mass is 153 g/mol. The third kappa shape index (κ3) is 26.7. The Balaban J connectivity index is -0.000000109. The van der Waals surface area contributed by atoms with E-state index in [0.717, 1.165) is 13.1 Å². The topological polar surface area (TPSA) is 14.1 Å². The summed E-state index contributed by atoms with van der Waals surface area (Å²) >= 11 is 0. The first-order valence-corrected chi connectivity index (χ1v) is 3.16. The van der Waals surface area contributed by atoms with Gasteiger partial charge < -0.3 is 5.32 Å². The van der Waals surface area contributed by atoms with Crippen LogP contribution in [0.15, 0.2) is 12.7 Å². The summed E-state index contributed by atoms with van der Waals surface area (Å²) in [7, 11) is 0. The van der Waals surface area contributed by atoms with Gasteiger partial charge in [-0.3, -0.25) is 0 Å². The number of hydrogen-bond donors (Lipinski definition) is 0. The Morgan fingerprint density at radius 1 is 1.44 bits per heavy atom. The molecule has 0 spiro atoms. The van der Waals surface area contributed by atoms with Gasteiger partial charge in [0, 0.05) is 0 Å². The Kier molecular flexibility index (Phi) is 42.4. The van der Waals surface area contributed by atoms with Crippen molar-refractivity contribution < 1.29 is 51.4 Å². The molecule has 0 radical (unpaired) electrons. The van der Waals surface area contributed by atoms with Gasteiger partial charge in [0.25, 0.3) is 0 Å². The van der Waals surface area contributed by atoms with E-state index < -0.39 is 0 Å². The zero-order chi connectivity index (χ0) is 6.83. The molecule has 1 nitrogen and oxygen atoms in total. The molecule has 0 N–H and O–H groups in total. The molecule has 50 valence electrons. The van der Waals surface area contributed by atoms with Crippen molar-refractivity contribution >= 4 is 0 Å². The molecule has 2 heteroatoms. The van der Waals surface area contributed by atoms with Crippen LogP contribution in [0.25, 0.3) is 5.32 Å². The Morgan fingerprint density at radius 2 is 1.89 bits per heavy atom. The molecule has 0 saturated carbocycles. The second-order valence-corrected chi connectivity index (χ2v) is 1.01. The molecule has 0 atom stereocenters. The van der Waals surface area contributed by atoms with Crippen LogP contribution in [-0.4, -0.2) is 13.1 Å². The summed E-state index contributed by atoms with van der Waals surface area (Å²) in [5, 5.41) is 3.97. The fourth-order valence-corrected chi connectivity index (χ4v) is 0.220. The van der Waals surface area contributed by atoms with Crippen molar-refractivity contribution in [1.29, 1.82) is 0 Å². The molecule has 0 aromatic heterocycles. The minimum absolute atomic E-state index is 0. The smallest absolute Gasteiger partial charge is 0.659 e. The molecule has 0 aromatic rings. The number of nitrogens with zero attached hydrogens (tertiary/aromatic N) is 1. The van der Waals surface area contributed by atoms with Gasteiger partial charge in [-0.25, -0.2) is 0 Å². The van der Waals surface area contributed by atoms with Crippen molar-refractivity contribution in [3.05, 3.63) is 18.0 Å². The summed E-state index contributed by atoms with van der Waals surface area (Å²) in [5.74, 6) is 0. The Labute approximate surface area is 102 Å². The van der Waals surface area contributed by atoms with Gasteiger partial charge in [-0.1, -0.05) is 20.8 Å². The maximum atomic E-state index is 3.97. The summed E-state index contributed by atoms with van der Waals surface area (Å²) in [6.07, 6.45) is 1.80. The predicted molar refractivity (Wildman–Crippen MR) is 40.3 cm³/mol. The van der Waals surface area contributed by atoms with Crippen molar-refractivity contribution in [2.75, 3.05) is 13.1 Å². The van der Waals surface area contributed by atoms with E-state index in [2.05, 4.69) is 11.9 Å². The summed E-state index contributed by atoms with van der Waals surface area (Å²) in [6.45, 7) is 11.2. The maximum absolute atomic E-state index is 3.97. The molecule has 0 unspecified atom stereocenters. The first-order chi connectivity index (χ1) is 3.91. The van der Waals surface area contributed by atoms with Crippen LogP contribution in [0.1, 0.15) is 20.8 Å². The molecular weight excluding hydrogens is 137 g/mol. The van der Waals surface area contributed by atoms with Crippen LogP contribution in [0, 0.1) is 0 Å². The predicted octanol–water partition coefficient (Wildman–Crippen LogP) is -0.404. The van der Waals surface area contributed by atoms with E-state index in [4.69, 9.17) is 0 Å². The molecule has 9 heavy (non-hydrogen) atoms. The third-order valence-corrected chi connectivity index (χ3v) is 0.482. The van der Waals surface area contributed by atoms with Gasteiger partial charge >= 0.3 is 51.4 Å². The Hall–Kier alpha value is 1.34. The standard InChI is InChI=1S/C5H10N.C2H6.K/c1-3-5-6-4-2;1-2;/h3H,1,4-5H2,2H3;1-2H3;/q-1;;+1. The maximum Gasteiger partial charge on any atom is 1.00 e. The van der Waals surface area contributed by atoms with E-state index in [0.29, 0.717) is 0 Å². The fourth-order valence-electron chi connectivity index (χ4n) is 0.220. The number of rotatable bonds is 3. The number of hydrogen-bond acceptors (Lipinski definition) is 0. The second-order valence-electron chi connectivity index (χ2n) is 1.01. The van der Waals surface area contributed by atoms with Crippen molar-refractivity contribution in [3.63, 3.8) is 0 Å². The second kappa shape index (κ2) is 22.8. The molecule has 0 fully saturated rings. The van der Waals surface area contributed by atoms with Crippen LogP contribution in [0.5, 0.6) is 0 Å². The van der Waals surface area contributed by atoms with E-state index >= 15 is 0 Å². The fraction of sp³-hybridized carbons (Fsp3) is 0.714. The van der Waals surface area contributed by atoms with Crippen LogP contribution in [-0.2, 0) is 0 Å². The Morgan fingerprint density at radius 3 is 2.00 bits per heavy atom. The van der Waals surface area contributed by atoms with E-state index in [1.54, 1.807) is 6.08 Å².